The van der Waals surface area contributed by atoms with Crippen LogP contribution in [0.2, 0.25) is 0 Å². The van der Waals surface area contributed by atoms with Gasteiger partial charge in [0.2, 0.25) is 10.0 Å². The summed E-state index contributed by atoms with van der Waals surface area (Å²) in [5.41, 5.74) is 0.253. The van der Waals surface area contributed by atoms with Gasteiger partial charge in [-0.25, -0.2) is 17.9 Å². The zero-order valence-corrected chi connectivity index (χ0v) is 16.7. The second kappa shape index (κ2) is 9.63. The van der Waals surface area contributed by atoms with Gasteiger partial charge in [0.15, 0.2) is 0 Å². The topological polar surface area (TPSA) is 102 Å². The van der Waals surface area contributed by atoms with Crippen LogP contribution in [0.25, 0.3) is 0 Å². The van der Waals surface area contributed by atoms with Crippen molar-refractivity contribution in [2.75, 3.05) is 13.2 Å². The number of rotatable bonds is 9. The predicted molar refractivity (Wildman–Crippen MR) is 103 cm³/mol. The van der Waals surface area contributed by atoms with Gasteiger partial charge in [-0.3, -0.25) is 4.79 Å². The second-order valence-electron chi connectivity index (χ2n) is 5.70. The Labute approximate surface area is 162 Å². The minimum Gasteiger partial charge on any atom is -0.464 e. The molecule has 146 valence electrons. The minimum absolute atomic E-state index is 0.0728. The third-order valence-corrected chi connectivity index (χ3v) is 6.07. The predicted octanol–water partition coefficient (Wildman–Crippen LogP) is 1.95. The molecule has 0 saturated carbocycles. The van der Waals surface area contributed by atoms with Crippen molar-refractivity contribution in [2.24, 2.45) is 0 Å². The summed E-state index contributed by atoms with van der Waals surface area (Å²) in [5.74, 6) is -1.01. The summed E-state index contributed by atoms with van der Waals surface area (Å²) in [6, 6.07) is 8.60. The third kappa shape index (κ3) is 6.16. The number of esters is 1. The van der Waals surface area contributed by atoms with Crippen molar-refractivity contribution in [3.8, 4) is 0 Å². The first kappa shape index (κ1) is 21.1. The van der Waals surface area contributed by atoms with Gasteiger partial charge >= 0.3 is 5.97 Å². The van der Waals surface area contributed by atoms with E-state index in [0.717, 1.165) is 4.88 Å². The molecule has 1 unspecified atom stereocenters. The summed E-state index contributed by atoms with van der Waals surface area (Å²) >= 11 is 1.57. The second-order valence-corrected chi connectivity index (χ2v) is 8.50. The molecule has 2 aromatic rings. The molecule has 1 aromatic heterocycles. The molecule has 7 nitrogen and oxygen atoms in total. The van der Waals surface area contributed by atoms with Gasteiger partial charge < -0.3 is 10.1 Å². The molecule has 2 rings (SSSR count). The zero-order valence-electron chi connectivity index (χ0n) is 15.1. The normalized spacial score (nSPS) is 12.4. The molecule has 0 bridgehead atoms. The van der Waals surface area contributed by atoms with Gasteiger partial charge in [-0.15, -0.1) is 11.3 Å². The zero-order chi connectivity index (χ0) is 19.9. The van der Waals surface area contributed by atoms with E-state index < -0.39 is 27.9 Å². The Balaban J connectivity index is 1.94. The van der Waals surface area contributed by atoms with Crippen molar-refractivity contribution in [3.05, 3.63) is 52.2 Å². The fraction of sp³-hybridized carbons (Fsp3) is 0.333. The van der Waals surface area contributed by atoms with E-state index in [0.29, 0.717) is 13.0 Å². The van der Waals surface area contributed by atoms with E-state index in [1.54, 1.807) is 18.3 Å². The lowest BCUT2D eigenvalue weighted by molar-refractivity contribution is -0.144. The van der Waals surface area contributed by atoms with Crippen LogP contribution in [0.15, 0.2) is 46.7 Å². The highest BCUT2D eigenvalue weighted by atomic mass is 32.2. The Hall–Kier alpha value is -2.23. The number of hydrogen-bond acceptors (Lipinski definition) is 6. The number of thiophene rings is 1. The van der Waals surface area contributed by atoms with Gasteiger partial charge in [-0.05, 0) is 56.0 Å². The highest BCUT2D eigenvalue weighted by Crippen LogP contribution is 2.12. The van der Waals surface area contributed by atoms with Gasteiger partial charge in [0.1, 0.15) is 6.04 Å². The van der Waals surface area contributed by atoms with Crippen LogP contribution in [0, 0.1) is 0 Å². The van der Waals surface area contributed by atoms with Crippen molar-refractivity contribution in [2.45, 2.75) is 31.2 Å². The van der Waals surface area contributed by atoms with E-state index in [-0.39, 0.29) is 17.1 Å². The Morgan fingerprint density at radius 2 is 1.89 bits per heavy atom. The number of ether oxygens (including phenoxy) is 1. The van der Waals surface area contributed by atoms with Crippen LogP contribution in [0.3, 0.4) is 0 Å². The Morgan fingerprint density at radius 3 is 2.48 bits per heavy atom. The van der Waals surface area contributed by atoms with Crippen LogP contribution >= 0.6 is 11.3 Å². The summed E-state index contributed by atoms with van der Waals surface area (Å²) in [5, 5.41) is 4.45. The molecular weight excluding hydrogens is 388 g/mol. The van der Waals surface area contributed by atoms with Gasteiger partial charge in [-0.1, -0.05) is 6.07 Å². The van der Waals surface area contributed by atoms with Crippen LogP contribution in [-0.2, 0) is 26.0 Å². The molecule has 27 heavy (non-hydrogen) atoms. The maximum Gasteiger partial charge on any atom is 0.328 e. The molecule has 0 aliphatic carbocycles. The summed E-state index contributed by atoms with van der Waals surface area (Å²) in [4.78, 5) is 24.9. The third-order valence-electron chi connectivity index (χ3n) is 3.66. The van der Waals surface area contributed by atoms with Gasteiger partial charge in [0, 0.05) is 17.0 Å². The van der Waals surface area contributed by atoms with Crippen LogP contribution in [-0.4, -0.2) is 39.5 Å². The quantitative estimate of drug-likeness (QED) is 0.615. The molecule has 0 spiro atoms. The standard InChI is InChI=1S/C18H22N2O5S2/c1-3-25-18(22)13(2)20-17(21)14-6-8-16(9-7-14)27(23,24)19-11-10-15-5-4-12-26-15/h4-9,12-13,19H,3,10-11H2,1-2H3,(H,20,21). The Morgan fingerprint density at radius 1 is 1.19 bits per heavy atom. The summed E-state index contributed by atoms with van der Waals surface area (Å²) < 4.78 is 32.0. The number of sulfonamides is 1. The lowest BCUT2D eigenvalue weighted by Crippen LogP contribution is -2.39. The first-order valence-corrected chi connectivity index (χ1v) is 10.8. The molecule has 9 heteroatoms. The summed E-state index contributed by atoms with van der Waals surface area (Å²) in [7, 11) is -3.65. The molecule has 0 saturated heterocycles. The fourth-order valence-electron chi connectivity index (χ4n) is 2.24. The lowest BCUT2D eigenvalue weighted by atomic mass is 10.2. The Kier molecular flexibility index (Phi) is 7.52. The molecule has 0 aliphatic heterocycles. The van der Waals surface area contributed by atoms with Crippen LogP contribution in [0.1, 0.15) is 29.1 Å². The molecule has 0 fully saturated rings. The van der Waals surface area contributed by atoms with Crippen molar-refractivity contribution < 1.29 is 22.7 Å². The van der Waals surface area contributed by atoms with E-state index in [1.165, 1.54) is 31.2 Å². The molecule has 2 N–H and O–H groups in total. The number of carbonyl (C=O) groups is 2. The maximum absolute atomic E-state index is 12.3. The molecule has 1 atom stereocenters. The van der Waals surface area contributed by atoms with E-state index >= 15 is 0 Å². The van der Waals surface area contributed by atoms with Crippen molar-refractivity contribution in [1.82, 2.24) is 10.0 Å². The van der Waals surface area contributed by atoms with Crippen molar-refractivity contribution in [3.63, 3.8) is 0 Å². The SMILES string of the molecule is CCOC(=O)C(C)NC(=O)c1ccc(S(=O)(=O)NCCc2cccs2)cc1. The first-order chi connectivity index (χ1) is 12.8. The van der Waals surface area contributed by atoms with E-state index in [1.807, 2.05) is 17.5 Å². The average molecular weight is 411 g/mol. The molecule has 1 aromatic carbocycles. The van der Waals surface area contributed by atoms with Crippen LogP contribution in [0.4, 0.5) is 0 Å². The number of benzene rings is 1. The van der Waals surface area contributed by atoms with Crippen LogP contribution in [0.5, 0.6) is 0 Å². The average Bonchev–Trinajstić information content (AvgIpc) is 3.15. The molecular formula is C18H22N2O5S2. The summed E-state index contributed by atoms with van der Waals surface area (Å²) in [6.07, 6.45) is 0.614. The molecule has 0 radical (unpaired) electrons. The highest BCUT2D eigenvalue weighted by Gasteiger charge is 2.19. The van der Waals surface area contributed by atoms with Crippen LogP contribution < -0.4 is 10.0 Å². The van der Waals surface area contributed by atoms with E-state index in [4.69, 9.17) is 4.74 Å². The Bertz CT molecular complexity index is 862. The molecule has 1 amide bonds. The van der Waals surface area contributed by atoms with Gasteiger partial charge in [0.05, 0.1) is 11.5 Å². The number of amides is 1. The monoisotopic (exact) mass is 410 g/mol. The number of carbonyl (C=O) groups excluding carboxylic acids is 2. The fourth-order valence-corrected chi connectivity index (χ4v) is 3.98. The number of nitrogens with one attached hydrogen (secondary N) is 2. The van der Waals surface area contributed by atoms with Crippen molar-refractivity contribution >= 4 is 33.2 Å². The van der Waals surface area contributed by atoms with E-state index in [2.05, 4.69) is 10.0 Å². The largest absolute Gasteiger partial charge is 0.464 e. The lowest BCUT2D eigenvalue weighted by Gasteiger charge is -2.13. The number of hydrogen-bond donors (Lipinski definition) is 2. The summed E-state index contributed by atoms with van der Waals surface area (Å²) in [6.45, 7) is 3.72. The van der Waals surface area contributed by atoms with Crippen molar-refractivity contribution in [1.29, 1.82) is 0 Å². The van der Waals surface area contributed by atoms with E-state index in [9.17, 15) is 18.0 Å². The maximum atomic E-state index is 12.3. The first-order valence-electron chi connectivity index (χ1n) is 8.43. The van der Waals surface area contributed by atoms with Gasteiger partial charge in [-0.2, -0.15) is 0 Å². The molecule has 1 heterocycles. The molecule has 0 aliphatic rings. The highest BCUT2D eigenvalue weighted by molar-refractivity contribution is 7.89. The van der Waals surface area contributed by atoms with Gasteiger partial charge in [0.25, 0.3) is 5.91 Å². The smallest absolute Gasteiger partial charge is 0.328 e. The minimum atomic E-state index is -3.65.